The fraction of sp³-hybridized carbons (Fsp3) is 0.353. The molecule has 114 valence electrons. The SMILES string of the molecule is CCN(CC)C(=O)C(C#N)=Cc1cc(C#N)cc(CCO)c1. The van der Waals surface area contributed by atoms with Gasteiger partial charge in [0.25, 0.3) is 5.91 Å². The van der Waals surface area contributed by atoms with Gasteiger partial charge in [-0.1, -0.05) is 6.07 Å². The van der Waals surface area contributed by atoms with E-state index in [1.54, 1.807) is 23.1 Å². The molecular weight excluding hydrogens is 278 g/mol. The lowest BCUT2D eigenvalue weighted by molar-refractivity contribution is -0.126. The van der Waals surface area contributed by atoms with Gasteiger partial charge in [0.2, 0.25) is 0 Å². The molecule has 1 aromatic carbocycles. The third kappa shape index (κ3) is 4.44. The summed E-state index contributed by atoms with van der Waals surface area (Å²) in [7, 11) is 0. The van der Waals surface area contributed by atoms with Gasteiger partial charge in [0.15, 0.2) is 0 Å². The number of benzene rings is 1. The average Bonchev–Trinajstić information content (AvgIpc) is 2.53. The zero-order valence-electron chi connectivity index (χ0n) is 12.8. The van der Waals surface area contributed by atoms with Crippen LogP contribution in [0.25, 0.3) is 6.08 Å². The summed E-state index contributed by atoms with van der Waals surface area (Å²) in [6.45, 7) is 4.74. The minimum Gasteiger partial charge on any atom is -0.396 e. The Labute approximate surface area is 130 Å². The van der Waals surface area contributed by atoms with Crippen molar-refractivity contribution in [3.05, 3.63) is 40.5 Å². The standard InChI is InChI=1S/C17H19N3O2/c1-3-20(4-2)17(22)16(12-19)10-14-7-13(5-6-21)8-15(9-14)11-18/h7-10,21H,3-6H2,1-2H3. The lowest BCUT2D eigenvalue weighted by Crippen LogP contribution is -2.31. The highest BCUT2D eigenvalue weighted by atomic mass is 16.3. The maximum Gasteiger partial charge on any atom is 0.264 e. The number of aliphatic hydroxyl groups is 1. The largest absolute Gasteiger partial charge is 0.396 e. The molecule has 5 nitrogen and oxygen atoms in total. The highest BCUT2D eigenvalue weighted by Crippen LogP contribution is 2.15. The van der Waals surface area contributed by atoms with Crippen LogP contribution in [0, 0.1) is 22.7 Å². The Morgan fingerprint density at radius 2 is 1.95 bits per heavy atom. The highest BCUT2D eigenvalue weighted by molar-refractivity contribution is 6.01. The van der Waals surface area contributed by atoms with Crippen molar-refractivity contribution in [2.45, 2.75) is 20.3 Å². The van der Waals surface area contributed by atoms with E-state index in [1.807, 2.05) is 26.0 Å². The average molecular weight is 297 g/mol. The number of aliphatic hydroxyl groups excluding tert-OH is 1. The summed E-state index contributed by atoms with van der Waals surface area (Å²) in [4.78, 5) is 13.8. The number of nitrogens with zero attached hydrogens (tertiary/aromatic N) is 3. The van der Waals surface area contributed by atoms with Gasteiger partial charge in [0.05, 0.1) is 11.6 Å². The van der Waals surface area contributed by atoms with E-state index < -0.39 is 0 Å². The molecule has 0 aliphatic rings. The van der Waals surface area contributed by atoms with Gasteiger partial charge in [-0.2, -0.15) is 10.5 Å². The van der Waals surface area contributed by atoms with Crippen molar-refractivity contribution in [3.8, 4) is 12.1 Å². The van der Waals surface area contributed by atoms with Crippen molar-refractivity contribution in [1.82, 2.24) is 4.90 Å². The Morgan fingerprint density at radius 1 is 1.27 bits per heavy atom. The van der Waals surface area contributed by atoms with Gasteiger partial charge in [-0.05, 0) is 49.6 Å². The topological polar surface area (TPSA) is 88.1 Å². The third-order valence-corrected chi connectivity index (χ3v) is 3.26. The van der Waals surface area contributed by atoms with Crippen molar-refractivity contribution < 1.29 is 9.90 Å². The summed E-state index contributed by atoms with van der Waals surface area (Å²) in [5.41, 5.74) is 1.87. The minimum atomic E-state index is -0.321. The number of hydrogen-bond donors (Lipinski definition) is 1. The third-order valence-electron chi connectivity index (χ3n) is 3.26. The zero-order chi connectivity index (χ0) is 16.5. The van der Waals surface area contributed by atoms with Crippen molar-refractivity contribution >= 4 is 12.0 Å². The van der Waals surface area contributed by atoms with Crippen molar-refractivity contribution in [3.63, 3.8) is 0 Å². The summed E-state index contributed by atoms with van der Waals surface area (Å²) < 4.78 is 0. The van der Waals surface area contributed by atoms with Crippen LogP contribution >= 0.6 is 0 Å². The van der Waals surface area contributed by atoms with Crippen molar-refractivity contribution in [2.75, 3.05) is 19.7 Å². The molecule has 0 aromatic heterocycles. The van der Waals surface area contributed by atoms with E-state index in [9.17, 15) is 10.1 Å². The Hall–Kier alpha value is -2.63. The van der Waals surface area contributed by atoms with Gasteiger partial charge in [0.1, 0.15) is 11.6 Å². The molecule has 5 heteroatoms. The van der Waals surface area contributed by atoms with Crippen LogP contribution in [-0.2, 0) is 11.2 Å². The lowest BCUT2D eigenvalue weighted by atomic mass is 10.0. The second kappa shape index (κ2) is 8.61. The number of hydrogen-bond acceptors (Lipinski definition) is 4. The van der Waals surface area contributed by atoms with Crippen LogP contribution in [-0.4, -0.2) is 35.6 Å². The Morgan fingerprint density at radius 3 is 2.45 bits per heavy atom. The summed E-state index contributed by atoms with van der Waals surface area (Å²) >= 11 is 0. The van der Waals surface area contributed by atoms with Crippen LogP contribution in [0.15, 0.2) is 23.8 Å². The van der Waals surface area contributed by atoms with Crippen LogP contribution in [0.1, 0.15) is 30.5 Å². The van der Waals surface area contributed by atoms with E-state index >= 15 is 0 Å². The van der Waals surface area contributed by atoms with Gasteiger partial charge in [-0.25, -0.2) is 0 Å². The number of likely N-dealkylation sites (N-methyl/N-ethyl adjacent to an activating group) is 1. The molecule has 0 unspecified atom stereocenters. The summed E-state index contributed by atoms with van der Waals surface area (Å²) in [6.07, 6.45) is 1.91. The molecule has 0 heterocycles. The minimum absolute atomic E-state index is 0.0263. The molecule has 0 fully saturated rings. The first kappa shape index (κ1) is 17.4. The molecule has 1 rings (SSSR count). The molecule has 0 saturated carbocycles. The lowest BCUT2D eigenvalue weighted by Gasteiger charge is -2.17. The van der Waals surface area contributed by atoms with Gasteiger partial charge in [-0.3, -0.25) is 4.79 Å². The maximum atomic E-state index is 12.2. The van der Waals surface area contributed by atoms with Gasteiger partial charge in [0, 0.05) is 19.7 Å². The molecule has 1 amide bonds. The number of carbonyl (C=O) groups excluding carboxylic acids is 1. The van der Waals surface area contributed by atoms with E-state index in [2.05, 4.69) is 0 Å². The summed E-state index contributed by atoms with van der Waals surface area (Å²) in [6, 6.07) is 9.04. The quantitative estimate of drug-likeness (QED) is 0.641. The first-order valence-electron chi connectivity index (χ1n) is 7.15. The molecule has 1 N–H and O–H groups in total. The van der Waals surface area contributed by atoms with Crippen LogP contribution in [0.2, 0.25) is 0 Å². The first-order chi connectivity index (χ1) is 10.6. The smallest absolute Gasteiger partial charge is 0.264 e. The number of carbonyl (C=O) groups is 1. The van der Waals surface area contributed by atoms with Crippen molar-refractivity contribution in [1.29, 1.82) is 10.5 Å². The molecular formula is C17H19N3O2. The van der Waals surface area contributed by atoms with Crippen LogP contribution < -0.4 is 0 Å². The molecule has 0 aliphatic carbocycles. The van der Waals surface area contributed by atoms with Crippen LogP contribution in [0.4, 0.5) is 0 Å². The van der Waals surface area contributed by atoms with E-state index in [0.717, 1.165) is 5.56 Å². The molecule has 0 spiro atoms. The van der Waals surface area contributed by atoms with Crippen LogP contribution in [0.5, 0.6) is 0 Å². The normalized spacial score (nSPS) is 10.7. The molecule has 1 aromatic rings. The van der Waals surface area contributed by atoms with E-state index in [1.165, 1.54) is 6.08 Å². The monoisotopic (exact) mass is 297 g/mol. The zero-order valence-corrected chi connectivity index (χ0v) is 12.8. The molecule has 0 bridgehead atoms. The summed E-state index contributed by atoms with van der Waals surface area (Å²) in [5, 5.41) is 27.3. The van der Waals surface area contributed by atoms with Gasteiger partial charge >= 0.3 is 0 Å². The number of amides is 1. The Balaban J connectivity index is 3.23. The highest BCUT2D eigenvalue weighted by Gasteiger charge is 2.15. The van der Waals surface area contributed by atoms with Crippen LogP contribution in [0.3, 0.4) is 0 Å². The van der Waals surface area contributed by atoms with E-state index in [4.69, 9.17) is 10.4 Å². The molecule has 0 saturated heterocycles. The van der Waals surface area contributed by atoms with E-state index in [0.29, 0.717) is 30.6 Å². The fourth-order valence-electron chi connectivity index (χ4n) is 2.13. The first-order valence-corrected chi connectivity index (χ1v) is 7.15. The predicted molar refractivity (Wildman–Crippen MR) is 83.5 cm³/mol. The Bertz CT molecular complexity index is 647. The summed E-state index contributed by atoms with van der Waals surface area (Å²) in [5.74, 6) is -0.321. The number of nitriles is 2. The van der Waals surface area contributed by atoms with E-state index in [-0.39, 0.29) is 18.1 Å². The van der Waals surface area contributed by atoms with Gasteiger partial charge in [-0.15, -0.1) is 0 Å². The van der Waals surface area contributed by atoms with Crippen molar-refractivity contribution in [2.24, 2.45) is 0 Å². The molecule has 22 heavy (non-hydrogen) atoms. The maximum absolute atomic E-state index is 12.2. The molecule has 0 radical (unpaired) electrons. The predicted octanol–water partition coefficient (Wildman–Crippen LogP) is 1.87. The second-order valence-electron chi connectivity index (χ2n) is 4.70. The van der Waals surface area contributed by atoms with Gasteiger partial charge < -0.3 is 10.0 Å². The molecule has 0 atom stereocenters. The second-order valence-corrected chi connectivity index (χ2v) is 4.70. The Kier molecular flexibility index (Phi) is 6.82. The fourth-order valence-corrected chi connectivity index (χ4v) is 2.13. The molecule has 0 aliphatic heterocycles. The number of rotatable bonds is 6.